The van der Waals surface area contributed by atoms with E-state index in [2.05, 4.69) is 5.32 Å². The minimum absolute atomic E-state index is 0.171. The van der Waals surface area contributed by atoms with Gasteiger partial charge in [-0.15, -0.1) is 0 Å². The maximum Gasteiger partial charge on any atom is 0.342 e. The number of halogens is 1. The number of para-hydroxylation sites is 1. The van der Waals surface area contributed by atoms with Crippen LogP contribution in [0.15, 0.2) is 30.3 Å². The number of carbonyl (C=O) groups is 2. The number of nitrogens with one attached hydrogen (secondary N) is 1. The summed E-state index contributed by atoms with van der Waals surface area (Å²) >= 11 is 6.16. The van der Waals surface area contributed by atoms with Gasteiger partial charge in [-0.1, -0.05) is 23.7 Å². The minimum Gasteiger partial charge on any atom is -0.493 e. The third-order valence-electron chi connectivity index (χ3n) is 3.65. The predicted octanol–water partition coefficient (Wildman–Crippen LogP) is 3.77. The Hall–Kier alpha value is -2.73. The molecule has 1 N–H and O–H groups in total. The van der Waals surface area contributed by atoms with Gasteiger partial charge in [-0.05, 0) is 43.2 Å². The lowest BCUT2D eigenvalue weighted by Crippen LogP contribution is -2.22. The smallest absolute Gasteiger partial charge is 0.342 e. The van der Waals surface area contributed by atoms with Crippen molar-refractivity contribution in [1.29, 1.82) is 0 Å². The van der Waals surface area contributed by atoms with E-state index < -0.39 is 18.5 Å². The molecule has 0 fully saturated rings. The van der Waals surface area contributed by atoms with Gasteiger partial charge in [0.05, 0.1) is 24.9 Å². The Labute approximate surface area is 157 Å². The Bertz CT molecular complexity index is 812. The van der Waals surface area contributed by atoms with Crippen LogP contribution in [0.25, 0.3) is 0 Å². The lowest BCUT2D eigenvalue weighted by Gasteiger charge is -2.13. The first kappa shape index (κ1) is 19.6. The summed E-state index contributed by atoms with van der Waals surface area (Å²) in [6.45, 7) is 3.29. The van der Waals surface area contributed by atoms with Gasteiger partial charge in [-0.2, -0.15) is 0 Å². The highest BCUT2D eigenvalue weighted by Gasteiger charge is 2.19. The number of hydrogen-bond acceptors (Lipinski definition) is 5. The maximum absolute atomic E-state index is 12.3. The molecule has 0 aromatic heterocycles. The standard InChI is InChI=1S/C19H20ClNO5/c1-11-8-12(2)17(14(20)9-11)21-16(22)10-26-19(23)13-6-5-7-15(24-3)18(13)25-4/h5-9H,10H2,1-4H3,(H,21,22). The molecule has 0 unspecified atom stereocenters. The van der Waals surface area contributed by atoms with Gasteiger partial charge in [0.2, 0.25) is 0 Å². The number of carbonyl (C=O) groups excluding carboxylic acids is 2. The van der Waals surface area contributed by atoms with E-state index in [1.807, 2.05) is 19.9 Å². The van der Waals surface area contributed by atoms with Crippen molar-refractivity contribution in [2.75, 3.05) is 26.1 Å². The van der Waals surface area contributed by atoms with Crippen molar-refractivity contribution in [3.63, 3.8) is 0 Å². The number of esters is 1. The topological polar surface area (TPSA) is 73.9 Å². The summed E-state index contributed by atoms with van der Waals surface area (Å²) in [5, 5.41) is 3.09. The van der Waals surface area contributed by atoms with E-state index in [0.717, 1.165) is 11.1 Å². The quantitative estimate of drug-likeness (QED) is 0.776. The zero-order chi connectivity index (χ0) is 19.3. The van der Waals surface area contributed by atoms with E-state index >= 15 is 0 Å². The molecule has 1 amide bonds. The molecule has 0 saturated carbocycles. The van der Waals surface area contributed by atoms with Crippen molar-refractivity contribution < 1.29 is 23.8 Å². The second kappa shape index (κ2) is 8.58. The first-order chi connectivity index (χ1) is 12.4. The molecule has 2 aromatic rings. The first-order valence-electron chi connectivity index (χ1n) is 7.82. The Morgan fingerprint density at radius 1 is 1.12 bits per heavy atom. The normalized spacial score (nSPS) is 10.2. The van der Waals surface area contributed by atoms with Crippen LogP contribution in [-0.4, -0.2) is 32.7 Å². The lowest BCUT2D eigenvalue weighted by atomic mass is 10.1. The van der Waals surface area contributed by atoms with E-state index in [0.29, 0.717) is 16.5 Å². The van der Waals surface area contributed by atoms with Crippen LogP contribution < -0.4 is 14.8 Å². The van der Waals surface area contributed by atoms with Crippen LogP contribution in [0.4, 0.5) is 5.69 Å². The minimum atomic E-state index is -0.692. The molecular formula is C19H20ClNO5. The fraction of sp³-hybridized carbons (Fsp3) is 0.263. The summed E-state index contributed by atoms with van der Waals surface area (Å²) in [7, 11) is 2.89. The van der Waals surface area contributed by atoms with Crippen molar-refractivity contribution in [1.82, 2.24) is 0 Å². The second-order valence-corrected chi connectivity index (χ2v) is 6.01. The zero-order valence-corrected chi connectivity index (χ0v) is 15.8. The number of methoxy groups -OCH3 is 2. The molecule has 0 aliphatic rings. The zero-order valence-electron chi connectivity index (χ0n) is 15.0. The number of benzene rings is 2. The van der Waals surface area contributed by atoms with Gasteiger partial charge >= 0.3 is 5.97 Å². The number of amides is 1. The summed E-state index contributed by atoms with van der Waals surface area (Å²) in [4.78, 5) is 24.4. The molecule has 0 aliphatic carbocycles. The molecule has 0 spiro atoms. The summed E-state index contributed by atoms with van der Waals surface area (Å²) in [6.07, 6.45) is 0. The average Bonchev–Trinajstić information content (AvgIpc) is 2.61. The van der Waals surface area contributed by atoms with E-state index in [9.17, 15) is 9.59 Å². The van der Waals surface area contributed by atoms with Crippen LogP contribution >= 0.6 is 11.6 Å². The van der Waals surface area contributed by atoms with Gasteiger partial charge < -0.3 is 19.5 Å². The van der Waals surface area contributed by atoms with Crippen LogP contribution in [0.2, 0.25) is 5.02 Å². The van der Waals surface area contributed by atoms with E-state index in [4.69, 9.17) is 25.8 Å². The van der Waals surface area contributed by atoms with Crippen molar-refractivity contribution >= 4 is 29.2 Å². The van der Waals surface area contributed by atoms with Gasteiger partial charge in [0.1, 0.15) is 5.56 Å². The molecule has 2 aromatic carbocycles. The molecule has 0 radical (unpaired) electrons. The predicted molar refractivity (Wildman–Crippen MR) is 99.4 cm³/mol. The number of aryl methyl sites for hydroxylation is 2. The Kier molecular flexibility index (Phi) is 6.46. The van der Waals surface area contributed by atoms with Crippen molar-refractivity contribution in [2.45, 2.75) is 13.8 Å². The summed E-state index contributed by atoms with van der Waals surface area (Å²) in [5.74, 6) is -0.539. The van der Waals surface area contributed by atoms with Crippen LogP contribution in [0.1, 0.15) is 21.5 Å². The van der Waals surface area contributed by atoms with Crippen LogP contribution in [-0.2, 0) is 9.53 Å². The van der Waals surface area contributed by atoms with E-state index in [1.54, 1.807) is 18.2 Å². The fourth-order valence-corrected chi connectivity index (χ4v) is 2.87. The highest BCUT2D eigenvalue weighted by Crippen LogP contribution is 2.31. The van der Waals surface area contributed by atoms with Crippen molar-refractivity contribution in [2.24, 2.45) is 0 Å². The lowest BCUT2D eigenvalue weighted by molar-refractivity contribution is -0.119. The average molecular weight is 378 g/mol. The van der Waals surface area contributed by atoms with Crippen LogP contribution in [0.5, 0.6) is 11.5 Å². The molecule has 138 valence electrons. The second-order valence-electron chi connectivity index (χ2n) is 5.60. The number of anilines is 1. The monoisotopic (exact) mass is 377 g/mol. The van der Waals surface area contributed by atoms with Gasteiger partial charge in [0, 0.05) is 0 Å². The highest BCUT2D eigenvalue weighted by atomic mass is 35.5. The molecule has 7 heteroatoms. The SMILES string of the molecule is COc1cccc(C(=O)OCC(=O)Nc2c(C)cc(C)cc2Cl)c1OC. The van der Waals surface area contributed by atoms with Crippen LogP contribution in [0, 0.1) is 13.8 Å². The van der Waals surface area contributed by atoms with E-state index in [-0.39, 0.29) is 11.3 Å². The van der Waals surface area contributed by atoms with Gasteiger partial charge in [0.25, 0.3) is 5.91 Å². The van der Waals surface area contributed by atoms with Crippen molar-refractivity contribution in [3.05, 3.63) is 52.0 Å². The molecular weight excluding hydrogens is 358 g/mol. The number of hydrogen-bond donors (Lipinski definition) is 1. The van der Waals surface area contributed by atoms with Gasteiger partial charge in [0.15, 0.2) is 18.1 Å². The molecule has 0 bridgehead atoms. The van der Waals surface area contributed by atoms with Gasteiger partial charge in [-0.3, -0.25) is 4.79 Å². The van der Waals surface area contributed by atoms with Crippen LogP contribution in [0.3, 0.4) is 0 Å². The molecule has 2 rings (SSSR count). The number of ether oxygens (including phenoxy) is 3. The molecule has 0 aliphatic heterocycles. The molecule has 0 heterocycles. The van der Waals surface area contributed by atoms with E-state index in [1.165, 1.54) is 20.3 Å². The third-order valence-corrected chi connectivity index (χ3v) is 3.95. The maximum atomic E-state index is 12.3. The Balaban J connectivity index is 2.05. The molecule has 0 saturated heterocycles. The summed E-state index contributed by atoms with van der Waals surface area (Å²) in [6, 6.07) is 8.46. The summed E-state index contributed by atoms with van der Waals surface area (Å²) in [5.41, 5.74) is 2.48. The van der Waals surface area contributed by atoms with Gasteiger partial charge in [-0.25, -0.2) is 4.79 Å². The molecule has 26 heavy (non-hydrogen) atoms. The molecule has 0 atom stereocenters. The fourth-order valence-electron chi connectivity index (χ4n) is 2.51. The third kappa shape index (κ3) is 4.46. The Morgan fingerprint density at radius 3 is 2.46 bits per heavy atom. The molecule has 6 nitrogen and oxygen atoms in total. The summed E-state index contributed by atoms with van der Waals surface area (Å²) < 4.78 is 15.4. The van der Waals surface area contributed by atoms with Crippen molar-refractivity contribution in [3.8, 4) is 11.5 Å². The largest absolute Gasteiger partial charge is 0.493 e. The highest BCUT2D eigenvalue weighted by molar-refractivity contribution is 6.34. The Morgan fingerprint density at radius 2 is 1.85 bits per heavy atom. The number of rotatable bonds is 6. The first-order valence-corrected chi connectivity index (χ1v) is 8.20.